The molecule has 2 fully saturated rings. The van der Waals surface area contributed by atoms with Crippen LogP contribution >= 0.6 is 0 Å². The van der Waals surface area contributed by atoms with Crippen LogP contribution in [0.2, 0.25) is 0 Å². The first-order valence-electron chi connectivity index (χ1n) is 8.74. The van der Waals surface area contributed by atoms with Crippen molar-refractivity contribution < 1.29 is 0 Å². The SMILES string of the molecule is CCC(N)C(c1ccccc1C)N(CC1CC1)CC1CC1. The molecule has 2 aliphatic rings. The minimum Gasteiger partial charge on any atom is -0.326 e. The van der Waals surface area contributed by atoms with Gasteiger partial charge in [-0.25, -0.2) is 0 Å². The number of nitrogens with zero attached hydrogens (tertiary/aromatic N) is 1. The van der Waals surface area contributed by atoms with Crippen LogP contribution in [0.25, 0.3) is 0 Å². The molecule has 2 aliphatic carbocycles. The van der Waals surface area contributed by atoms with E-state index in [1.807, 2.05) is 0 Å². The zero-order valence-electron chi connectivity index (χ0n) is 13.6. The van der Waals surface area contributed by atoms with Crippen LogP contribution in [0.3, 0.4) is 0 Å². The Bertz CT molecular complexity index is 448. The van der Waals surface area contributed by atoms with Crippen molar-refractivity contribution in [2.75, 3.05) is 13.1 Å². The maximum Gasteiger partial charge on any atom is 0.0501 e. The molecule has 2 saturated carbocycles. The number of aryl methyl sites for hydroxylation is 1. The smallest absolute Gasteiger partial charge is 0.0501 e. The molecule has 0 aromatic heterocycles. The highest BCUT2D eigenvalue weighted by Crippen LogP contribution is 2.38. The third kappa shape index (κ3) is 3.87. The van der Waals surface area contributed by atoms with E-state index in [1.54, 1.807) is 0 Å². The van der Waals surface area contributed by atoms with Crippen LogP contribution in [0, 0.1) is 18.8 Å². The van der Waals surface area contributed by atoms with Gasteiger partial charge in [0.25, 0.3) is 0 Å². The number of nitrogens with two attached hydrogens (primary N) is 1. The highest BCUT2D eigenvalue weighted by molar-refractivity contribution is 5.30. The number of rotatable bonds is 8. The molecule has 0 bridgehead atoms. The van der Waals surface area contributed by atoms with Gasteiger partial charge in [0.15, 0.2) is 0 Å². The van der Waals surface area contributed by atoms with Crippen molar-refractivity contribution in [1.29, 1.82) is 0 Å². The van der Waals surface area contributed by atoms with Crippen molar-refractivity contribution in [3.05, 3.63) is 35.4 Å². The Labute approximate surface area is 129 Å². The van der Waals surface area contributed by atoms with Crippen molar-refractivity contribution in [3.8, 4) is 0 Å². The van der Waals surface area contributed by atoms with Gasteiger partial charge in [-0.2, -0.15) is 0 Å². The largest absolute Gasteiger partial charge is 0.326 e. The Hall–Kier alpha value is -0.860. The molecule has 2 atom stereocenters. The van der Waals surface area contributed by atoms with E-state index in [4.69, 9.17) is 5.73 Å². The first-order valence-corrected chi connectivity index (χ1v) is 8.74. The molecule has 0 heterocycles. The van der Waals surface area contributed by atoms with Crippen LogP contribution in [0.4, 0.5) is 0 Å². The van der Waals surface area contributed by atoms with Gasteiger partial charge in [-0.3, -0.25) is 4.90 Å². The molecule has 1 aromatic carbocycles. The fraction of sp³-hybridized carbons (Fsp3) is 0.684. The van der Waals surface area contributed by atoms with E-state index in [0.717, 1.165) is 18.3 Å². The van der Waals surface area contributed by atoms with Gasteiger partial charge in [-0.05, 0) is 62.0 Å². The summed E-state index contributed by atoms with van der Waals surface area (Å²) in [5.41, 5.74) is 9.41. The van der Waals surface area contributed by atoms with Gasteiger partial charge in [-0.1, -0.05) is 31.2 Å². The molecule has 1 aromatic rings. The van der Waals surface area contributed by atoms with E-state index in [2.05, 4.69) is 43.0 Å². The molecule has 2 unspecified atom stereocenters. The van der Waals surface area contributed by atoms with Crippen LogP contribution in [-0.4, -0.2) is 24.0 Å². The maximum absolute atomic E-state index is 6.57. The van der Waals surface area contributed by atoms with Crippen LogP contribution in [0.5, 0.6) is 0 Å². The fourth-order valence-corrected chi connectivity index (χ4v) is 3.41. The Balaban J connectivity index is 1.85. The van der Waals surface area contributed by atoms with Crippen LogP contribution in [-0.2, 0) is 0 Å². The predicted molar refractivity (Wildman–Crippen MR) is 89.2 cm³/mol. The lowest BCUT2D eigenvalue weighted by Gasteiger charge is -2.37. The normalized spacial score (nSPS) is 21.5. The predicted octanol–water partition coefficient (Wildman–Crippen LogP) is 3.90. The van der Waals surface area contributed by atoms with E-state index >= 15 is 0 Å². The van der Waals surface area contributed by atoms with Crippen LogP contribution in [0.15, 0.2) is 24.3 Å². The summed E-state index contributed by atoms with van der Waals surface area (Å²) in [5, 5.41) is 0. The van der Waals surface area contributed by atoms with Crippen LogP contribution in [0.1, 0.15) is 56.2 Å². The van der Waals surface area contributed by atoms with Gasteiger partial charge >= 0.3 is 0 Å². The van der Waals surface area contributed by atoms with Crippen molar-refractivity contribution in [1.82, 2.24) is 4.90 Å². The third-order valence-corrected chi connectivity index (χ3v) is 5.16. The zero-order chi connectivity index (χ0) is 14.8. The lowest BCUT2D eigenvalue weighted by molar-refractivity contribution is 0.154. The summed E-state index contributed by atoms with van der Waals surface area (Å²) in [5.74, 6) is 1.86. The Morgan fingerprint density at radius 1 is 1.10 bits per heavy atom. The zero-order valence-corrected chi connectivity index (χ0v) is 13.6. The van der Waals surface area contributed by atoms with Crippen molar-refractivity contribution in [2.24, 2.45) is 17.6 Å². The third-order valence-electron chi connectivity index (χ3n) is 5.16. The Morgan fingerprint density at radius 2 is 1.67 bits per heavy atom. The van der Waals surface area contributed by atoms with Crippen LogP contribution < -0.4 is 5.73 Å². The number of hydrogen-bond donors (Lipinski definition) is 1. The van der Waals surface area contributed by atoms with Gasteiger partial charge in [0.1, 0.15) is 0 Å². The summed E-state index contributed by atoms with van der Waals surface area (Å²) >= 11 is 0. The van der Waals surface area contributed by atoms with Crippen molar-refractivity contribution in [3.63, 3.8) is 0 Å². The summed E-state index contributed by atoms with van der Waals surface area (Å²) in [7, 11) is 0. The number of hydrogen-bond acceptors (Lipinski definition) is 2. The Kier molecular flexibility index (Phi) is 4.66. The van der Waals surface area contributed by atoms with Gasteiger partial charge in [0, 0.05) is 19.1 Å². The molecule has 116 valence electrons. The van der Waals surface area contributed by atoms with Gasteiger partial charge < -0.3 is 5.73 Å². The quantitative estimate of drug-likeness (QED) is 0.785. The summed E-state index contributed by atoms with van der Waals surface area (Å²) in [4.78, 5) is 2.73. The molecule has 2 heteroatoms. The highest BCUT2D eigenvalue weighted by Gasteiger charge is 2.35. The first kappa shape index (κ1) is 15.1. The molecule has 0 saturated heterocycles. The summed E-state index contributed by atoms with van der Waals surface area (Å²) in [6.07, 6.45) is 6.73. The van der Waals surface area contributed by atoms with Crippen molar-refractivity contribution >= 4 is 0 Å². The lowest BCUT2D eigenvalue weighted by atomic mass is 9.92. The topological polar surface area (TPSA) is 29.3 Å². The molecule has 21 heavy (non-hydrogen) atoms. The van der Waals surface area contributed by atoms with Crippen molar-refractivity contribution in [2.45, 2.75) is 58.0 Å². The maximum atomic E-state index is 6.57. The second-order valence-corrected chi connectivity index (χ2v) is 7.21. The molecule has 2 N–H and O–H groups in total. The highest BCUT2D eigenvalue weighted by atomic mass is 15.2. The van der Waals surface area contributed by atoms with E-state index < -0.39 is 0 Å². The Morgan fingerprint density at radius 3 is 2.14 bits per heavy atom. The molecule has 0 radical (unpaired) electrons. The second kappa shape index (κ2) is 6.50. The van der Waals surface area contributed by atoms with E-state index in [0.29, 0.717) is 6.04 Å². The first-order chi connectivity index (χ1) is 10.2. The standard InChI is InChI=1S/C19H30N2/c1-3-18(20)19(17-7-5-4-6-14(17)2)21(12-15-8-9-15)13-16-10-11-16/h4-7,15-16,18-19H,3,8-13,20H2,1-2H3. The van der Waals surface area contributed by atoms with Gasteiger partial charge in [0.05, 0.1) is 6.04 Å². The summed E-state index contributed by atoms with van der Waals surface area (Å²) in [6.45, 7) is 6.96. The van der Waals surface area contributed by atoms with E-state index in [1.165, 1.54) is 49.9 Å². The lowest BCUT2D eigenvalue weighted by Crippen LogP contribution is -2.43. The molecule has 0 aliphatic heterocycles. The number of benzene rings is 1. The minimum absolute atomic E-state index is 0.239. The minimum atomic E-state index is 0.239. The average molecular weight is 286 g/mol. The van der Waals surface area contributed by atoms with Gasteiger partial charge in [0.2, 0.25) is 0 Å². The fourth-order valence-electron chi connectivity index (χ4n) is 3.41. The summed E-state index contributed by atoms with van der Waals surface area (Å²) in [6, 6.07) is 9.48. The average Bonchev–Trinajstić information content (AvgIpc) is 3.37. The molecule has 2 nitrogen and oxygen atoms in total. The monoisotopic (exact) mass is 286 g/mol. The van der Waals surface area contributed by atoms with E-state index in [-0.39, 0.29) is 6.04 Å². The molecular weight excluding hydrogens is 256 g/mol. The van der Waals surface area contributed by atoms with Gasteiger partial charge in [-0.15, -0.1) is 0 Å². The second-order valence-electron chi connectivity index (χ2n) is 7.21. The molecule has 3 rings (SSSR count). The molecule has 0 spiro atoms. The molecule has 0 amide bonds. The molecular formula is C19H30N2. The summed E-state index contributed by atoms with van der Waals surface area (Å²) < 4.78 is 0. The van der Waals surface area contributed by atoms with E-state index in [9.17, 15) is 0 Å².